The normalized spacial score (nSPS) is 10.8. The SMILES string of the molecule is NCc1onc2cc(O)ccc12. The lowest BCUT2D eigenvalue weighted by molar-refractivity contribution is 0.392. The van der Waals surface area contributed by atoms with Crippen LogP contribution in [0.25, 0.3) is 10.9 Å². The van der Waals surface area contributed by atoms with Crippen molar-refractivity contribution in [2.75, 3.05) is 0 Å². The zero-order chi connectivity index (χ0) is 8.55. The molecular weight excluding hydrogens is 156 g/mol. The van der Waals surface area contributed by atoms with Crippen molar-refractivity contribution in [3.63, 3.8) is 0 Å². The van der Waals surface area contributed by atoms with Gasteiger partial charge in [-0.25, -0.2) is 0 Å². The molecule has 1 heterocycles. The molecule has 4 heteroatoms. The molecule has 0 atom stereocenters. The van der Waals surface area contributed by atoms with Crippen LogP contribution in [0.15, 0.2) is 22.7 Å². The van der Waals surface area contributed by atoms with Gasteiger partial charge in [-0.05, 0) is 12.1 Å². The van der Waals surface area contributed by atoms with Gasteiger partial charge in [0, 0.05) is 11.5 Å². The lowest BCUT2D eigenvalue weighted by Crippen LogP contribution is -1.93. The molecule has 1 aromatic heterocycles. The van der Waals surface area contributed by atoms with Gasteiger partial charge >= 0.3 is 0 Å². The Morgan fingerprint density at radius 2 is 2.33 bits per heavy atom. The molecule has 12 heavy (non-hydrogen) atoms. The summed E-state index contributed by atoms with van der Waals surface area (Å²) in [6.45, 7) is 0.321. The molecular formula is C8H8N2O2. The van der Waals surface area contributed by atoms with E-state index >= 15 is 0 Å². The van der Waals surface area contributed by atoms with E-state index in [1.807, 2.05) is 0 Å². The number of benzene rings is 1. The van der Waals surface area contributed by atoms with E-state index in [1.165, 1.54) is 6.07 Å². The number of nitrogens with two attached hydrogens (primary N) is 1. The first-order valence-corrected chi connectivity index (χ1v) is 3.58. The summed E-state index contributed by atoms with van der Waals surface area (Å²) in [5.74, 6) is 0.823. The summed E-state index contributed by atoms with van der Waals surface area (Å²) in [4.78, 5) is 0. The fourth-order valence-corrected chi connectivity index (χ4v) is 1.13. The third-order valence-electron chi connectivity index (χ3n) is 1.72. The molecule has 62 valence electrons. The molecule has 3 N–H and O–H groups in total. The summed E-state index contributed by atoms with van der Waals surface area (Å²) in [5, 5.41) is 13.7. The molecule has 0 amide bonds. The minimum absolute atomic E-state index is 0.180. The van der Waals surface area contributed by atoms with Crippen molar-refractivity contribution in [2.24, 2.45) is 5.73 Å². The molecule has 2 aromatic rings. The van der Waals surface area contributed by atoms with Crippen molar-refractivity contribution in [1.82, 2.24) is 5.16 Å². The highest BCUT2D eigenvalue weighted by molar-refractivity contribution is 5.81. The second-order valence-electron chi connectivity index (χ2n) is 2.51. The summed E-state index contributed by atoms with van der Waals surface area (Å²) in [6.07, 6.45) is 0. The Labute approximate surface area is 68.6 Å². The van der Waals surface area contributed by atoms with E-state index in [0.29, 0.717) is 17.8 Å². The van der Waals surface area contributed by atoms with Gasteiger partial charge in [0.15, 0.2) is 5.76 Å². The predicted octanol–water partition coefficient (Wildman–Crippen LogP) is 0.992. The van der Waals surface area contributed by atoms with Gasteiger partial charge < -0.3 is 15.4 Å². The van der Waals surface area contributed by atoms with E-state index in [9.17, 15) is 0 Å². The van der Waals surface area contributed by atoms with Gasteiger partial charge in [-0.1, -0.05) is 5.16 Å². The lowest BCUT2D eigenvalue weighted by atomic mass is 10.2. The summed E-state index contributed by atoms with van der Waals surface area (Å²) in [6, 6.07) is 4.86. The van der Waals surface area contributed by atoms with Crippen LogP contribution in [0.1, 0.15) is 5.76 Å². The van der Waals surface area contributed by atoms with Crippen LogP contribution < -0.4 is 5.73 Å². The topological polar surface area (TPSA) is 72.3 Å². The van der Waals surface area contributed by atoms with Gasteiger partial charge in [0.2, 0.25) is 0 Å². The summed E-state index contributed by atoms with van der Waals surface area (Å²) in [5.41, 5.74) is 6.04. The molecule has 0 fully saturated rings. The van der Waals surface area contributed by atoms with Crippen LogP contribution in [0.3, 0.4) is 0 Å². The maximum Gasteiger partial charge on any atom is 0.158 e. The average molecular weight is 164 g/mol. The summed E-state index contributed by atoms with van der Waals surface area (Å²) >= 11 is 0. The minimum atomic E-state index is 0.180. The van der Waals surface area contributed by atoms with Gasteiger partial charge in [0.05, 0.1) is 6.54 Å². The van der Waals surface area contributed by atoms with E-state index in [0.717, 1.165) is 5.39 Å². The van der Waals surface area contributed by atoms with E-state index in [4.69, 9.17) is 15.4 Å². The summed E-state index contributed by atoms with van der Waals surface area (Å²) < 4.78 is 4.93. The Morgan fingerprint density at radius 3 is 3.08 bits per heavy atom. The second-order valence-corrected chi connectivity index (χ2v) is 2.51. The number of hydrogen-bond acceptors (Lipinski definition) is 4. The molecule has 0 saturated carbocycles. The molecule has 4 nitrogen and oxygen atoms in total. The van der Waals surface area contributed by atoms with Gasteiger partial charge in [0.1, 0.15) is 11.3 Å². The van der Waals surface area contributed by atoms with Crippen LogP contribution in [0, 0.1) is 0 Å². The predicted molar refractivity (Wildman–Crippen MR) is 43.6 cm³/mol. The smallest absolute Gasteiger partial charge is 0.158 e. The molecule has 0 unspecified atom stereocenters. The number of phenols is 1. The molecule has 0 aliphatic heterocycles. The Balaban J connectivity index is 2.73. The number of rotatable bonds is 1. The molecule has 2 rings (SSSR count). The molecule has 0 spiro atoms. The maximum absolute atomic E-state index is 9.10. The first-order valence-electron chi connectivity index (χ1n) is 3.58. The number of aromatic nitrogens is 1. The highest BCUT2D eigenvalue weighted by atomic mass is 16.5. The second kappa shape index (κ2) is 2.49. The molecule has 0 aliphatic rings. The standard InChI is InChI=1S/C8H8N2O2/c9-4-8-6-2-1-5(11)3-7(6)10-12-8/h1-3,11H,4,9H2. The fraction of sp³-hybridized carbons (Fsp3) is 0.125. The van der Waals surface area contributed by atoms with Gasteiger partial charge in [-0.3, -0.25) is 0 Å². The lowest BCUT2D eigenvalue weighted by Gasteiger charge is -1.90. The monoisotopic (exact) mass is 164 g/mol. The quantitative estimate of drug-likeness (QED) is 0.659. The van der Waals surface area contributed by atoms with Crippen LogP contribution in [0.4, 0.5) is 0 Å². The minimum Gasteiger partial charge on any atom is -0.508 e. The number of hydrogen-bond donors (Lipinski definition) is 2. The fourth-order valence-electron chi connectivity index (χ4n) is 1.13. The average Bonchev–Trinajstić information content (AvgIpc) is 2.46. The van der Waals surface area contributed by atoms with Crippen molar-refractivity contribution in [3.05, 3.63) is 24.0 Å². The van der Waals surface area contributed by atoms with E-state index in [2.05, 4.69) is 5.16 Å². The Hall–Kier alpha value is -1.55. The van der Waals surface area contributed by atoms with Crippen molar-refractivity contribution in [1.29, 1.82) is 0 Å². The number of aromatic hydroxyl groups is 1. The van der Waals surface area contributed by atoms with Gasteiger partial charge in [-0.15, -0.1) is 0 Å². The van der Waals surface area contributed by atoms with Crippen molar-refractivity contribution < 1.29 is 9.63 Å². The van der Waals surface area contributed by atoms with E-state index < -0.39 is 0 Å². The van der Waals surface area contributed by atoms with Crippen molar-refractivity contribution in [3.8, 4) is 5.75 Å². The van der Waals surface area contributed by atoms with Gasteiger partial charge in [0.25, 0.3) is 0 Å². The maximum atomic E-state index is 9.10. The summed E-state index contributed by atoms with van der Waals surface area (Å²) in [7, 11) is 0. The third kappa shape index (κ3) is 0.931. The number of nitrogens with zero attached hydrogens (tertiary/aromatic N) is 1. The molecule has 0 bridgehead atoms. The number of phenolic OH excluding ortho intramolecular Hbond substituents is 1. The van der Waals surface area contributed by atoms with Crippen molar-refractivity contribution in [2.45, 2.75) is 6.54 Å². The molecule has 0 radical (unpaired) electrons. The van der Waals surface area contributed by atoms with E-state index in [-0.39, 0.29) is 5.75 Å². The number of fused-ring (bicyclic) bond motifs is 1. The van der Waals surface area contributed by atoms with Gasteiger partial charge in [-0.2, -0.15) is 0 Å². The molecule has 0 saturated heterocycles. The van der Waals surface area contributed by atoms with E-state index in [1.54, 1.807) is 12.1 Å². The zero-order valence-corrected chi connectivity index (χ0v) is 6.32. The highest BCUT2D eigenvalue weighted by Gasteiger charge is 2.05. The first kappa shape index (κ1) is 7.12. The Kier molecular flexibility index (Phi) is 1.48. The molecule has 0 aliphatic carbocycles. The van der Waals surface area contributed by atoms with Crippen molar-refractivity contribution >= 4 is 10.9 Å². The van der Waals surface area contributed by atoms with Crippen LogP contribution in [-0.2, 0) is 6.54 Å². The van der Waals surface area contributed by atoms with Crippen LogP contribution in [0.5, 0.6) is 5.75 Å². The molecule has 1 aromatic carbocycles. The Morgan fingerprint density at radius 1 is 1.50 bits per heavy atom. The van der Waals surface area contributed by atoms with Crippen LogP contribution in [-0.4, -0.2) is 10.3 Å². The zero-order valence-electron chi connectivity index (χ0n) is 6.32. The highest BCUT2D eigenvalue weighted by Crippen LogP contribution is 2.21. The van der Waals surface area contributed by atoms with Crippen LogP contribution >= 0.6 is 0 Å². The Bertz CT molecular complexity index is 408. The van der Waals surface area contributed by atoms with Crippen LogP contribution in [0.2, 0.25) is 0 Å². The largest absolute Gasteiger partial charge is 0.508 e. The third-order valence-corrected chi connectivity index (χ3v) is 1.72. The first-order chi connectivity index (χ1) is 5.81.